The van der Waals surface area contributed by atoms with Gasteiger partial charge in [0.05, 0.1) is 30.3 Å². The van der Waals surface area contributed by atoms with Crippen molar-refractivity contribution in [3.05, 3.63) is 0 Å². The summed E-state index contributed by atoms with van der Waals surface area (Å²) in [7, 11) is -3.03. The van der Waals surface area contributed by atoms with E-state index in [1.165, 1.54) is 0 Å². The third-order valence-corrected chi connectivity index (χ3v) is 4.57. The van der Waals surface area contributed by atoms with Crippen LogP contribution in [0, 0.1) is 0 Å². The molecule has 90 valence electrons. The van der Waals surface area contributed by atoms with Gasteiger partial charge in [-0.25, -0.2) is 8.42 Å². The van der Waals surface area contributed by atoms with Crippen molar-refractivity contribution in [2.24, 2.45) is 0 Å². The van der Waals surface area contributed by atoms with Gasteiger partial charge in [-0.05, 0) is 26.7 Å². The number of hydrogen-bond donors (Lipinski definition) is 0. The molecule has 0 aliphatic carbocycles. The standard InChI is InChI=1S/C10H20O4S/c1-9(2)14-6-7-15(11,12)10-4-3-5-13-8-10/h9-10H,3-8H2,1-2H3/t10-/m0/s1. The van der Waals surface area contributed by atoms with E-state index < -0.39 is 9.84 Å². The fourth-order valence-electron chi connectivity index (χ4n) is 1.56. The van der Waals surface area contributed by atoms with Crippen LogP contribution in [0.1, 0.15) is 26.7 Å². The summed E-state index contributed by atoms with van der Waals surface area (Å²) >= 11 is 0. The molecule has 5 heteroatoms. The molecule has 1 fully saturated rings. The van der Waals surface area contributed by atoms with Crippen molar-refractivity contribution < 1.29 is 17.9 Å². The molecule has 1 rings (SSSR count). The van der Waals surface area contributed by atoms with Gasteiger partial charge in [-0.15, -0.1) is 0 Å². The lowest BCUT2D eigenvalue weighted by molar-refractivity contribution is 0.0886. The van der Waals surface area contributed by atoms with Gasteiger partial charge < -0.3 is 9.47 Å². The molecule has 15 heavy (non-hydrogen) atoms. The number of ether oxygens (including phenoxy) is 2. The van der Waals surface area contributed by atoms with Gasteiger partial charge in [0.15, 0.2) is 9.84 Å². The minimum atomic E-state index is -3.03. The first-order chi connectivity index (χ1) is 7.02. The molecule has 1 aliphatic heterocycles. The molecule has 1 aliphatic rings. The fourth-order valence-corrected chi connectivity index (χ4v) is 3.05. The Bertz CT molecular complexity index is 265. The van der Waals surface area contributed by atoms with Crippen LogP contribution >= 0.6 is 0 Å². The summed E-state index contributed by atoms with van der Waals surface area (Å²) in [5.74, 6) is 0.110. The molecule has 0 saturated carbocycles. The Morgan fingerprint density at radius 1 is 1.47 bits per heavy atom. The first-order valence-corrected chi connectivity index (χ1v) is 7.15. The second-order valence-electron chi connectivity index (χ2n) is 4.13. The highest BCUT2D eigenvalue weighted by atomic mass is 32.2. The van der Waals surface area contributed by atoms with Crippen LogP contribution in [0.5, 0.6) is 0 Å². The minimum absolute atomic E-state index is 0.0859. The van der Waals surface area contributed by atoms with Gasteiger partial charge in [0.2, 0.25) is 0 Å². The van der Waals surface area contributed by atoms with Crippen molar-refractivity contribution in [1.82, 2.24) is 0 Å². The van der Waals surface area contributed by atoms with Crippen LogP contribution in [0.4, 0.5) is 0 Å². The van der Waals surface area contributed by atoms with Gasteiger partial charge in [0, 0.05) is 6.61 Å². The Labute approximate surface area is 91.9 Å². The van der Waals surface area contributed by atoms with Gasteiger partial charge in [-0.2, -0.15) is 0 Å². The Morgan fingerprint density at radius 3 is 2.73 bits per heavy atom. The lowest BCUT2D eigenvalue weighted by Crippen LogP contribution is -2.34. The highest BCUT2D eigenvalue weighted by Gasteiger charge is 2.27. The highest BCUT2D eigenvalue weighted by molar-refractivity contribution is 7.92. The van der Waals surface area contributed by atoms with Crippen LogP contribution in [0.25, 0.3) is 0 Å². The molecule has 0 aromatic rings. The van der Waals surface area contributed by atoms with Crippen LogP contribution < -0.4 is 0 Å². The lowest BCUT2D eigenvalue weighted by atomic mass is 10.2. The zero-order valence-corrected chi connectivity index (χ0v) is 10.3. The van der Waals surface area contributed by atoms with Crippen LogP contribution in [0.2, 0.25) is 0 Å². The van der Waals surface area contributed by atoms with E-state index in [0.29, 0.717) is 13.2 Å². The summed E-state index contributed by atoms with van der Waals surface area (Å²) in [6.45, 7) is 5.13. The van der Waals surface area contributed by atoms with Gasteiger partial charge in [0.25, 0.3) is 0 Å². The van der Waals surface area contributed by atoms with E-state index in [1.54, 1.807) is 0 Å². The molecule has 0 amide bonds. The third kappa shape index (κ3) is 4.49. The van der Waals surface area contributed by atoms with E-state index in [0.717, 1.165) is 12.8 Å². The van der Waals surface area contributed by atoms with Crippen molar-refractivity contribution in [2.45, 2.75) is 38.0 Å². The maximum atomic E-state index is 11.8. The summed E-state index contributed by atoms with van der Waals surface area (Å²) in [6, 6.07) is 0. The summed E-state index contributed by atoms with van der Waals surface area (Å²) in [4.78, 5) is 0. The topological polar surface area (TPSA) is 52.6 Å². The average Bonchev–Trinajstić information content (AvgIpc) is 2.18. The Kier molecular flexibility index (Phi) is 5.02. The monoisotopic (exact) mass is 236 g/mol. The molecule has 0 aromatic heterocycles. The third-order valence-electron chi connectivity index (χ3n) is 2.45. The average molecular weight is 236 g/mol. The zero-order chi connectivity index (χ0) is 11.3. The number of hydrogen-bond acceptors (Lipinski definition) is 4. The quantitative estimate of drug-likeness (QED) is 0.714. The van der Waals surface area contributed by atoms with Crippen molar-refractivity contribution in [3.8, 4) is 0 Å². The van der Waals surface area contributed by atoms with Crippen LogP contribution in [0.15, 0.2) is 0 Å². The summed E-state index contributed by atoms with van der Waals surface area (Å²) < 4.78 is 34.0. The van der Waals surface area contributed by atoms with Crippen molar-refractivity contribution in [1.29, 1.82) is 0 Å². The molecule has 0 bridgehead atoms. The van der Waals surface area contributed by atoms with E-state index in [2.05, 4.69) is 0 Å². The zero-order valence-electron chi connectivity index (χ0n) is 9.44. The van der Waals surface area contributed by atoms with Crippen molar-refractivity contribution >= 4 is 9.84 Å². The first-order valence-electron chi connectivity index (χ1n) is 5.43. The Hall–Kier alpha value is -0.130. The number of sulfone groups is 1. The molecule has 0 unspecified atom stereocenters. The molecule has 0 radical (unpaired) electrons. The van der Waals surface area contributed by atoms with Gasteiger partial charge in [-0.3, -0.25) is 0 Å². The predicted molar refractivity (Wildman–Crippen MR) is 58.7 cm³/mol. The van der Waals surface area contributed by atoms with Gasteiger partial charge >= 0.3 is 0 Å². The Morgan fingerprint density at radius 2 is 2.20 bits per heavy atom. The maximum absolute atomic E-state index is 11.8. The lowest BCUT2D eigenvalue weighted by Gasteiger charge is -2.22. The molecule has 0 N–H and O–H groups in total. The van der Waals surface area contributed by atoms with E-state index in [9.17, 15) is 8.42 Å². The second-order valence-corrected chi connectivity index (χ2v) is 6.53. The SMILES string of the molecule is CC(C)OCCS(=O)(=O)[C@H]1CCCOC1. The molecule has 1 saturated heterocycles. The maximum Gasteiger partial charge on any atom is 0.157 e. The summed E-state index contributed by atoms with van der Waals surface area (Å²) in [5.41, 5.74) is 0. The first kappa shape index (κ1) is 12.9. The smallest absolute Gasteiger partial charge is 0.157 e. The Balaban J connectivity index is 2.36. The van der Waals surface area contributed by atoms with E-state index in [4.69, 9.17) is 9.47 Å². The molecule has 1 heterocycles. The molecular weight excluding hydrogens is 216 g/mol. The van der Waals surface area contributed by atoms with E-state index in [-0.39, 0.29) is 23.7 Å². The number of rotatable bonds is 5. The van der Waals surface area contributed by atoms with Crippen LogP contribution in [0.3, 0.4) is 0 Å². The predicted octanol–water partition coefficient (Wildman–Crippen LogP) is 1.01. The van der Waals surface area contributed by atoms with E-state index >= 15 is 0 Å². The highest BCUT2D eigenvalue weighted by Crippen LogP contribution is 2.15. The van der Waals surface area contributed by atoms with Gasteiger partial charge in [-0.1, -0.05) is 0 Å². The van der Waals surface area contributed by atoms with Crippen molar-refractivity contribution in [2.75, 3.05) is 25.6 Å². The molecule has 0 aromatic carbocycles. The summed E-state index contributed by atoms with van der Waals surface area (Å²) in [6.07, 6.45) is 1.65. The van der Waals surface area contributed by atoms with Crippen LogP contribution in [-0.2, 0) is 19.3 Å². The largest absolute Gasteiger partial charge is 0.380 e. The molecular formula is C10H20O4S. The summed E-state index contributed by atoms with van der Waals surface area (Å²) in [5, 5.41) is -0.318. The second kappa shape index (κ2) is 5.82. The van der Waals surface area contributed by atoms with E-state index in [1.807, 2.05) is 13.8 Å². The molecule has 1 atom stereocenters. The van der Waals surface area contributed by atoms with Crippen molar-refractivity contribution in [3.63, 3.8) is 0 Å². The fraction of sp³-hybridized carbons (Fsp3) is 1.00. The minimum Gasteiger partial charge on any atom is -0.380 e. The van der Waals surface area contributed by atoms with Crippen LogP contribution in [-0.4, -0.2) is 45.3 Å². The molecule has 4 nitrogen and oxygen atoms in total. The van der Waals surface area contributed by atoms with Gasteiger partial charge in [0.1, 0.15) is 0 Å². The molecule has 0 spiro atoms. The normalized spacial score (nSPS) is 23.3.